The van der Waals surface area contributed by atoms with Gasteiger partial charge in [0.25, 0.3) is 0 Å². The van der Waals surface area contributed by atoms with Crippen molar-refractivity contribution in [3.8, 4) is 0 Å². The van der Waals surface area contributed by atoms with Gasteiger partial charge in [0.1, 0.15) is 0 Å². The van der Waals surface area contributed by atoms with E-state index in [1.807, 2.05) is 17.8 Å². The fourth-order valence-electron chi connectivity index (χ4n) is 1.57. The maximum Gasteiger partial charge on any atom is 0.206 e. The number of nitrogens with two attached hydrogens (primary N) is 1. The first kappa shape index (κ1) is 11.2. The highest BCUT2D eigenvalue weighted by Gasteiger charge is 2.08. The van der Waals surface area contributed by atoms with Crippen molar-refractivity contribution in [2.75, 3.05) is 0 Å². The van der Waals surface area contributed by atoms with Crippen molar-refractivity contribution in [1.29, 1.82) is 0 Å². The molecule has 2 rings (SSSR count). The van der Waals surface area contributed by atoms with Crippen LogP contribution in [0.1, 0.15) is 18.3 Å². The zero-order valence-corrected chi connectivity index (χ0v) is 9.48. The fourth-order valence-corrected chi connectivity index (χ4v) is 1.57. The van der Waals surface area contributed by atoms with Gasteiger partial charge in [-0.3, -0.25) is 4.68 Å². The number of oxime groups is 1. The number of aryl methyl sites for hydroxylation is 1. The molecule has 0 radical (unpaired) electrons. The van der Waals surface area contributed by atoms with E-state index in [0.29, 0.717) is 12.4 Å². The van der Waals surface area contributed by atoms with Gasteiger partial charge in [0.15, 0.2) is 5.82 Å². The number of hydrogen-bond donors (Lipinski definition) is 2. The molecule has 0 saturated carbocycles. The molecule has 2 heterocycles. The van der Waals surface area contributed by atoms with E-state index >= 15 is 0 Å². The third kappa shape index (κ3) is 2.27. The Labute approximate surface area is 98.2 Å². The van der Waals surface area contributed by atoms with Gasteiger partial charge in [-0.25, -0.2) is 4.98 Å². The molecular weight excluding hydrogens is 220 g/mol. The Bertz CT molecular complexity index is 526. The van der Waals surface area contributed by atoms with Crippen molar-refractivity contribution < 1.29 is 5.21 Å². The van der Waals surface area contributed by atoms with Crippen molar-refractivity contribution in [2.45, 2.75) is 20.0 Å². The zero-order valence-electron chi connectivity index (χ0n) is 9.48. The topological polar surface area (TPSA) is 94.2 Å². The van der Waals surface area contributed by atoms with Crippen molar-refractivity contribution in [2.24, 2.45) is 10.9 Å². The Balaban J connectivity index is 2.21. The summed E-state index contributed by atoms with van der Waals surface area (Å²) in [5, 5.41) is 15.8. The molecule has 0 aliphatic carbocycles. The quantitative estimate of drug-likeness (QED) is 0.343. The maximum absolute atomic E-state index is 8.63. The molecular formula is C10H14N6O. The van der Waals surface area contributed by atoms with E-state index in [4.69, 9.17) is 10.9 Å². The molecule has 2 aromatic rings. The van der Waals surface area contributed by atoms with Crippen molar-refractivity contribution in [3.05, 3.63) is 36.2 Å². The van der Waals surface area contributed by atoms with E-state index in [1.165, 1.54) is 0 Å². The van der Waals surface area contributed by atoms with Gasteiger partial charge in [-0.15, -0.1) is 0 Å². The van der Waals surface area contributed by atoms with E-state index in [-0.39, 0.29) is 5.84 Å². The van der Waals surface area contributed by atoms with Crippen LogP contribution in [0.3, 0.4) is 0 Å². The number of imidazole rings is 1. The van der Waals surface area contributed by atoms with Gasteiger partial charge < -0.3 is 15.5 Å². The number of hydrogen-bond acceptors (Lipinski definition) is 4. The van der Waals surface area contributed by atoms with Crippen LogP contribution in [0.15, 0.2) is 29.9 Å². The average molecular weight is 234 g/mol. The molecule has 3 N–H and O–H groups in total. The second-order valence-corrected chi connectivity index (χ2v) is 3.57. The maximum atomic E-state index is 8.63. The molecule has 7 heteroatoms. The van der Waals surface area contributed by atoms with E-state index in [2.05, 4.69) is 15.2 Å². The SMILES string of the molecule is CCn1cc(Cn2ccnc2C(N)=NO)cn1. The molecule has 0 amide bonds. The van der Waals surface area contributed by atoms with Crippen molar-refractivity contribution in [3.63, 3.8) is 0 Å². The Morgan fingerprint density at radius 2 is 2.41 bits per heavy atom. The molecule has 0 saturated heterocycles. The van der Waals surface area contributed by atoms with E-state index in [1.54, 1.807) is 23.2 Å². The van der Waals surface area contributed by atoms with Crippen LogP contribution in [0.25, 0.3) is 0 Å². The van der Waals surface area contributed by atoms with Gasteiger partial charge >= 0.3 is 0 Å². The van der Waals surface area contributed by atoms with Gasteiger partial charge in [-0.2, -0.15) is 5.10 Å². The summed E-state index contributed by atoms with van der Waals surface area (Å²) < 4.78 is 3.64. The molecule has 0 aliphatic rings. The summed E-state index contributed by atoms with van der Waals surface area (Å²) in [4.78, 5) is 4.03. The molecule has 0 atom stereocenters. The van der Waals surface area contributed by atoms with Crippen LogP contribution in [0, 0.1) is 0 Å². The molecule has 90 valence electrons. The Morgan fingerprint density at radius 1 is 1.59 bits per heavy atom. The number of aromatic nitrogens is 4. The lowest BCUT2D eigenvalue weighted by molar-refractivity contribution is 0.318. The van der Waals surface area contributed by atoms with Gasteiger partial charge in [0.2, 0.25) is 5.84 Å². The number of rotatable bonds is 4. The first-order valence-corrected chi connectivity index (χ1v) is 5.25. The standard InChI is InChI=1S/C10H14N6O/c1-2-16-7-8(5-13-16)6-15-4-3-12-10(15)9(11)14-17/h3-5,7,17H,2,6H2,1H3,(H2,11,14). The lowest BCUT2D eigenvalue weighted by atomic mass is 10.3. The normalized spacial score (nSPS) is 11.9. The minimum atomic E-state index is -0.00196. The molecule has 0 aliphatic heterocycles. The van der Waals surface area contributed by atoms with Crippen LogP contribution in [0.4, 0.5) is 0 Å². The average Bonchev–Trinajstić information content (AvgIpc) is 2.97. The van der Waals surface area contributed by atoms with Crippen LogP contribution in [0.2, 0.25) is 0 Å². The fraction of sp³-hybridized carbons (Fsp3) is 0.300. The predicted molar refractivity (Wildman–Crippen MR) is 61.7 cm³/mol. The number of amidine groups is 1. The smallest absolute Gasteiger partial charge is 0.206 e. The summed E-state index contributed by atoms with van der Waals surface area (Å²) >= 11 is 0. The third-order valence-electron chi connectivity index (χ3n) is 2.42. The third-order valence-corrected chi connectivity index (χ3v) is 2.42. The van der Waals surface area contributed by atoms with E-state index in [0.717, 1.165) is 12.1 Å². The summed E-state index contributed by atoms with van der Waals surface area (Å²) in [5.74, 6) is 0.439. The van der Waals surface area contributed by atoms with Crippen LogP contribution >= 0.6 is 0 Å². The van der Waals surface area contributed by atoms with Crippen LogP contribution in [-0.2, 0) is 13.1 Å². The minimum Gasteiger partial charge on any atom is -0.409 e. The molecule has 0 fully saturated rings. The lowest BCUT2D eigenvalue weighted by Gasteiger charge is -2.04. The van der Waals surface area contributed by atoms with E-state index in [9.17, 15) is 0 Å². The van der Waals surface area contributed by atoms with Crippen LogP contribution in [-0.4, -0.2) is 30.4 Å². The second kappa shape index (κ2) is 4.69. The van der Waals surface area contributed by atoms with Crippen molar-refractivity contribution in [1.82, 2.24) is 19.3 Å². The molecule has 7 nitrogen and oxygen atoms in total. The minimum absolute atomic E-state index is 0.00196. The lowest BCUT2D eigenvalue weighted by Crippen LogP contribution is -2.19. The summed E-state index contributed by atoms with van der Waals surface area (Å²) in [6, 6.07) is 0. The molecule has 0 aromatic carbocycles. The predicted octanol–water partition coefficient (Wildman–Crippen LogP) is 0.242. The molecule has 17 heavy (non-hydrogen) atoms. The largest absolute Gasteiger partial charge is 0.409 e. The van der Waals surface area contributed by atoms with Crippen LogP contribution < -0.4 is 5.73 Å². The second-order valence-electron chi connectivity index (χ2n) is 3.57. The Hall–Kier alpha value is -2.31. The van der Waals surface area contributed by atoms with Crippen LogP contribution in [0.5, 0.6) is 0 Å². The summed E-state index contributed by atoms with van der Waals surface area (Å²) in [6.45, 7) is 3.44. The highest BCUT2D eigenvalue weighted by atomic mass is 16.4. The van der Waals surface area contributed by atoms with E-state index < -0.39 is 0 Å². The Morgan fingerprint density at radius 3 is 3.06 bits per heavy atom. The van der Waals surface area contributed by atoms with Gasteiger partial charge in [0.05, 0.1) is 12.7 Å². The number of nitrogens with zero attached hydrogens (tertiary/aromatic N) is 5. The molecule has 2 aromatic heterocycles. The molecule has 0 bridgehead atoms. The van der Waals surface area contributed by atoms with Gasteiger partial charge in [-0.1, -0.05) is 5.16 Å². The van der Waals surface area contributed by atoms with Gasteiger partial charge in [-0.05, 0) is 6.92 Å². The first-order valence-electron chi connectivity index (χ1n) is 5.25. The highest BCUT2D eigenvalue weighted by Crippen LogP contribution is 2.05. The summed E-state index contributed by atoms with van der Waals surface area (Å²) in [7, 11) is 0. The van der Waals surface area contributed by atoms with Crippen molar-refractivity contribution >= 4 is 5.84 Å². The first-order chi connectivity index (χ1) is 8.24. The zero-order chi connectivity index (χ0) is 12.3. The monoisotopic (exact) mass is 234 g/mol. The molecule has 0 spiro atoms. The molecule has 0 unspecified atom stereocenters. The summed E-state index contributed by atoms with van der Waals surface area (Å²) in [6.07, 6.45) is 7.13. The highest BCUT2D eigenvalue weighted by molar-refractivity contribution is 5.93. The van der Waals surface area contributed by atoms with Gasteiger partial charge in [0, 0.05) is 30.7 Å². The summed E-state index contributed by atoms with van der Waals surface area (Å²) in [5.41, 5.74) is 6.56. The Kier molecular flexibility index (Phi) is 3.08.